The molecule has 1 saturated heterocycles. The number of rotatable bonds is 9. The smallest absolute Gasteiger partial charge is 0.427 e. The number of nitrogens with zero attached hydrogens (tertiary/aromatic N) is 2. The summed E-state index contributed by atoms with van der Waals surface area (Å²) in [5.74, 6) is -3.14. The van der Waals surface area contributed by atoms with E-state index in [2.05, 4.69) is 20.3 Å². The van der Waals surface area contributed by atoms with Crippen molar-refractivity contribution in [2.45, 2.75) is 126 Å². The monoisotopic (exact) mass is 869 g/mol. The van der Waals surface area contributed by atoms with Gasteiger partial charge in [0.25, 0.3) is 5.91 Å². The number of alkyl carbamates (subject to hydrolysis) is 1. The Morgan fingerprint density at radius 3 is 2.51 bits per heavy atom. The number of nitrogens with one attached hydrogen (secondary N) is 3. The largest absolute Gasteiger partial charge is 0.495 e. The number of carbonyl (C=O) groups is 4. The highest BCUT2D eigenvalue weighted by Crippen LogP contribution is 2.48. The summed E-state index contributed by atoms with van der Waals surface area (Å²) in [6.07, 6.45) is 0.404. The third kappa shape index (κ3) is 9.08. The van der Waals surface area contributed by atoms with Gasteiger partial charge in [0.15, 0.2) is 0 Å². The fourth-order valence-electron chi connectivity index (χ4n) is 7.82. The minimum atomic E-state index is -4.92. The maximum absolute atomic E-state index is 14.9. The van der Waals surface area contributed by atoms with E-state index in [1.807, 2.05) is 13.0 Å². The molecule has 3 heterocycles. The highest BCUT2D eigenvalue weighted by atomic mass is 35.5. The van der Waals surface area contributed by atoms with E-state index in [1.54, 1.807) is 31.2 Å². The molecule has 7 atom stereocenters. The lowest BCUT2D eigenvalue weighted by Crippen LogP contribution is -2.60. The summed E-state index contributed by atoms with van der Waals surface area (Å²) >= 11 is 6.45. The fraction of sp³-hybridized carbons (Fsp3) is 0.625. The van der Waals surface area contributed by atoms with E-state index in [0.717, 1.165) is 0 Å². The molecule has 1 aromatic carbocycles. The topological polar surface area (TPSA) is 182 Å². The number of carbonyl (C=O) groups excluding carboxylic acids is 4. The molecule has 59 heavy (non-hydrogen) atoms. The van der Waals surface area contributed by atoms with Crippen molar-refractivity contribution in [1.82, 2.24) is 25.2 Å². The summed E-state index contributed by atoms with van der Waals surface area (Å²) in [5, 5.41) is 6.66. The Bertz CT molecular complexity index is 2130. The van der Waals surface area contributed by atoms with Gasteiger partial charge in [0.1, 0.15) is 29.5 Å². The average Bonchev–Trinajstić information content (AvgIpc) is 4.03. The van der Waals surface area contributed by atoms with Crippen LogP contribution in [0.5, 0.6) is 11.6 Å². The molecule has 0 radical (unpaired) electrons. The van der Waals surface area contributed by atoms with E-state index < -0.39 is 85.9 Å². The van der Waals surface area contributed by atoms with Crippen molar-refractivity contribution in [2.75, 3.05) is 13.7 Å². The van der Waals surface area contributed by atoms with Crippen molar-refractivity contribution >= 4 is 56.2 Å². The number of methoxy groups -OCH3 is 1. The van der Waals surface area contributed by atoms with Crippen LogP contribution in [-0.4, -0.2) is 96.0 Å². The lowest BCUT2D eigenvalue weighted by molar-refractivity contribution is -0.244. The normalized spacial score (nSPS) is 29.2. The number of halogens is 4. The van der Waals surface area contributed by atoms with Crippen molar-refractivity contribution in [3.05, 3.63) is 41.6 Å². The van der Waals surface area contributed by atoms with E-state index in [1.165, 1.54) is 25.1 Å². The minimum Gasteiger partial charge on any atom is -0.495 e. The summed E-state index contributed by atoms with van der Waals surface area (Å²) in [7, 11) is -2.62. The maximum atomic E-state index is 14.9. The summed E-state index contributed by atoms with van der Waals surface area (Å²) in [6, 6.07) is 2.23. The molecule has 3 N–H and O–H groups in total. The number of alkyl halides is 3. The second-order valence-corrected chi connectivity index (χ2v) is 19.6. The van der Waals surface area contributed by atoms with Crippen LogP contribution in [0.2, 0.25) is 5.02 Å². The standard InChI is InChI=1S/C40H51ClF3N5O9S/c1-7-23-16-22(2)10-8-9-11-25-20-39(25,35(52)48-59(54,55)38(5)13-14-38)47-32(50)29-18-26(57-33-27-19-28(41)30(56-6)17-24(27)12-15-45-33)21-49(29)34(51)31(23)46-36(53)58-37(3,4)40(42,43)44/h9,11-12,15,17,19,22-23,25-26,29,31H,7-8,10,13-14,16,18,20-21H2,1-6H3,(H,46,53)(H,47,50)(H,48,52)/b11-9-/t22-,23-,25-,26-,29+,31+,39-/m1/s1. The molecule has 2 saturated carbocycles. The zero-order valence-corrected chi connectivity index (χ0v) is 35.4. The number of pyridine rings is 1. The third-order valence-electron chi connectivity index (χ3n) is 12.2. The van der Waals surface area contributed by atoms with E-state index in [-0.39, 0.29) is 36.2 Å². The first kappa shape index (κ1) is 44.2. The molecule has 6 rings (SSSR count). The number of sulfonamides is 1. The van der Waals surface area contributed by atoms with E-state index in [0.29, 0.717) is 68.9 Å². The van der Waals surface area contributed by atoms with Gasteiger partial charge in [-0.3, -0.25) is 19.1 Å². The van der Waals surface area contributed by atoms with E-state index >= 15 is 0 Å². The van der Waals surface area contributed by atoms with Crippen LogP contribution in [0, 0.1) is 17.8 Å². The van der Waals surface area contributed by atoms with Gasteiger partial charge in [0, 0.05) is 23.9 Å². The van der Waals surface area contributed by atoms with Crippen molar-refractivity contribution in [3.63, 3.8) is 0 Å². The van der Waals surface area contributed by atoms with Crippen molar-refractivity contribution in [2.24, 2.45) is 17.8 Å². The molecule has 0 spiro atoms. The van der Waals surface area contributed by atoms with E-state index in [9.17, 15) is 40.8 Å². The number of amides is 4. The summed E-state index contributed by atoms with van der Waals surface area (Å²) in [5.41, 5.74) is -4.55. The maximum Gasteiger partial charge on any atom is 0.427 e. The van der Waals surface area contributed by atoms with Gasteiger partial charge in [-0.05, 0) is 94.7 Å². The first-order valence-electron chi connectivity index (χ1n) is 19.8. The molecule has 19 heteroatoms. The van der Waals surface area contributed by atoms with Gasteiger partial charge < -0.3 is 29.7 Å². The molecule has 2 aliphatic carbocycles. The zero-order chi connectivity index (χ0) is 43.3. The predicted molar refractivity (Wildman–Crippen MR) is 211 cm³/mol. The SMILES string of the molecule is CC[C@@H]1C[C@H](C)CC/C=C\[C@@H]2C[C@@]2(C(=O)NS(=O)(=O)C2(C)CC2)NC(=O)[C@@H]2C[C@@H](Oc3nccc4cc(OC)c(Cl)cc34)CN2C(=O)[C@H]1NC(=O)OC(C)(C)C(F)(F)F. The summed E-state index contributed by atoms with van der Waals surface area (Å²) in [4.78, 5) is 62.2. The van der Waals surface area contributed by atoms with Gasteiger partial charge in [-0.1, -0.05) is 44.0 Å². The quantitative estimate of drug-likeness (QED) is 0.255. The van der Waals surface area contributed by atoms with Crippen LogP contribution in [0.1, 0.15) is 86.0 Å². The molecular formula is C40H51ClF3N5O9S. The summed E-state index contributed by atoms with van der Waals surface area (Å²) < 4.78 is 85.5. The molecule has 3 fully saturated rings. The minimum absolute atomic E-state index is 0.0424. The lowest BCUT2D eigenvalue weighted by Gasteiger charge is -2.35. The average molecular weight is 870 g/mol. The highest BCUT2D eigenvalue weighted by Gasteiger charge is 2.63. The van der Waals surface area contributed by atoms with Gasteiger partial charge >= 0.3 is 12.3 Å². The van der Waals surface area contributed by atoms with Crippen LogP contribution in [0.15, 0.2) is 36.5 Å². The van der Waals surface area contributed by atoms with Gasteiger partial charge in [-0.2, -0.15) is 13.2 Å². The molecule has 1 aromatic heterocycles. The van der Waals surface area contributed by atoms with Gasteiger partial charge in [-0.15, -0.1) is 0 Å². The van der Waals surface area contributed by atoms with Gasteiger partial charge in [-0.25, -0.2) is 18.2 Å². The zero-order valence-electron chi connectivity index (χ0n) is 33.8. The molecule has 0 bridgehead atoms. The number of benzene rings is 1. The molecule has 4 amide bonds. The number of aromatic nitrogens is 1. The Balaban J connectivity index is 1.38. The Hall–Kier alpha value is -4.32. The number of fused-ring (bicyclic) bond motifs is 3. The molecule has 324 valence electrons. The van der Waals surface area contributed by atoms with Gasteiger partial charge in [0.05, 0.1) is 23.4 Å². The van der Waals surface area contributed by atoms with Crippen LogP contribution < -0.4 is 24.8 Å². The molecule has 2 aliphatic heterocycles. The Morgan fingerprint density at radius 2 is 1.86 bits per heavy atom. The lowest BCUT2D eigenvalue weighted by atomic mass is 9.85. The first-order chi connectivity index (χ1) is 27.5. The van der Waals surface area contributed by atoms with Crippen LogP contribution in [-0.2, 0) is 29.1 Å². The van der Waals surface area contributed by atoms with Crippen molar-refractivity contribution < 1.29 is 55.0 Å². The fourth-order valence-corrected chi connectivity index (χ4v) is 9.37. The highest BCUT2D eigenvalue weighted by molar-refractivity contribution is 7.91. The first-order valence-corrected chi connectivity index (χ1v) is 21.6. The summed E-state index contributed by atoms with van der Waals surface area (Å²) in [6.45, 7) is 6.42. The molecule has 4 aliphatic rings. The van der Waals surface area contributed by atoms with E-state index in [4.69, 9.17) is 25.8 Å². The number of allylic oxidation sites excluding steroid dienone is 1. The van der Waals surface area contributed by atoms with Crippen LogP contribution in [0.25, 0.3) is 10.8 Å². The second-order valence-electron chi connectivity index (χ2n) is 17.0. The van der Waals surface area contributed by atoms with Crippen LogP contribution in [0.4, 0.5) is 18.0 Å². The van der Waals surface area contributed by atoms with Crippen LogP contribution >= 0.6 is 11.6 Å². The Kier molecular flexibility index (Phi) is 12.2. The van der Waals surface area contributed by atoms with Crippen LogP contribution in [0.3, 0.4) is 0 Å². The molecular weight excluding hydrogens is 819 g/mol. The van der Waals surface area contributed by atoms with Crippen molar-refractivity contribution in [1.29, 1.82) is 0 Å². The number of hydrogen-bond donors (Lipinski definition) is 3. The molecule has 2 aromatic rings. The number of hydrogen-bond acceptors (Lipinski definition) is 10. The third-order valence-corrected chi connectivity index (χ3v) is 14.6. The Labute approximate surface area is 346 Å². The molecule has 0 unspecified atom stereocenters. The molecule has 14 nitrogen and oxygen atoms in total. The number of ether oxygens (including phenoxy) is 3. The Morgan fingerprint density at radius 1 is 1.15 bits per heavy atom. The predicted octanol–water partition coefficient (Wildman–Crippen LogP) is 5.96. The van der Waals surface area contributed by atoms with Crippen molar-refractivity contribution in [3.8, 4) is 11.6 Å². The van der Waals surface area contributed by atoms with Gasteiger partial charge in [0.2, 0.25) is 33.3 Å². The second kappa shape index (κ2) is 16.3.